The van der Waals surface area contributed by atoms with Gasteiger partial charge in [0.15, 0.2) is 0 Å². The van der Waals surface area contributed by atoms with E-state index in [9.17, 15) is 19.8 Å². The maximum atomic E-state index is 10.7. The average Bonchev–Trinajstić information content (AvgIpc) is 2.15. The largest absolute Gasteiger partial charge is 0.548 e. The van der Waals surface area contributed by atoms with Gasteiger partial charge in [0.05, 0.1) is 18.5 Å². The molecule has 0 heterocycles. The molecule has 0 fully saturated rings. The first-order valence-electron chi connectivity index (χ1n) is 3.95. The van der Waals surface area contributed by atoms with Gasteiger partial charge >= 0.3 is 0 Å². The van der Waals surface area contributed by atoms with Crippen molar-refractivity contribution in [2.24, 2.45) is 0 Å². The first-order chi connectivity index (χ1) is 7.00. The Labute approximate surface area is 93.9 Å². The monoisotopic (exact) mass is 271 g/mol. The number of benzene rings is 1. The van der Waals surface area contributed by atoms with Crippen molar-refractivity contribution in [1.82, 2.24) is 0 Å². The van der Waals surface area contributed by atoms with E-state index in [0.29, 0.717) is 4.47 Å². The number of aliphatic carboxylic acids is 1. The molecule has 0 saturated heterocycles. The van der Waals surface area contributed by atoms with Crippen LogP contribution in [0.5, 0.6) is 0 Å². The van der Waals surface area contributed by atoms with E-state index in [0.717, 1.165) is 0 Å². The number of carbonyl (C=O) groups is 2. The number of halogens is 1. The van der Waals surface area contributed by atoms with Gasteiger partial charge in [0, 0.05) is 15.7 Å². The molecule has 0 amide bonds. The first-order valence-corrected chi connectivity index (χ1v) is 4.74. The fraction of sp³-hybridized carbons (Fsp3) is 0.111. The van der Waals surface area contributed by atoms with Gasteiger partial charge in [0.1, 0.15) is 0 Å². The van der Waals surface area contributed by atoms with Crippen LogP contribution < -0.4 is 15.5 Å². The molecule has 1 aromatic rings. The molecule has 15 heavy (non-hydrogen) atoms. The molecule has 0 bridgehead atoms. The molecular weight excluding hydrogens is 266 g/mol. The Morgan fingerprint density at radius 2 is 2.00 bits per heavy atom. The van der Waals surface area contributed by atoms with Crippen molar-refractivity contribution in [2.75, 3.05) is 11.9 Å². The van der Waals surface area contributed by atoms with E-state index in [1.807, 2.05) is 0 Å². The molecule has 0 spiro atoms. The fourth-order valence-corrected chi connectivity index (χ4v) is 1.37. The molecule has 0 aliphatic rings. The maximum absolute atomic E-state index is 10.7. The van der Waals surface area contributed by atoms with Gasteiger partial charge in [-0.1, -0.05) is 15.9 Å². The lowest BCUT2D eigenvalue weighted by Gasteiger charge is -2.13. The molecule has 0 aliphatic carbocycles. The average molecular weight is 272 g/mol. The highest BCUT2D eigenvalue weighted by Gasteiger charge is 2.03. The van der Waals surface area contributed by atoms with Crippen LogP contribution in [0.15, 0.2) is 22.7 Å². The second kappa shape index (κ2) is 4.79. The lowest BCUT2D eigenvalue weighted by Crippen LogP contribution is -2.31. The Morgan fingerprint density at radius 3 is 2.53 bits per heavy atom. The van der Waals surface area contributed by atoms with Gasteiger partial charge in [0.2, 0.25) is 0 Å². The minimum Gasteiger partial charge on any atom is -0.548 e. The third-order valence-corrected chi connectivity index (χ3v) is 2.12. The molecule has 1 rings (SSSR count). The topological polar surface area (TPSA) is 92.3 Å². The van der Waals surface area contributed by atoms with Crippen molar-refractivity contribution in [3.8, 4) is 0 Å². The van der Waals surface area contributed by atoms with E-state index in [1.54, 1.807) is 6.07 Å². The molecule has 80 valence electrons. The Balaban J connectivity index is 2.95. The van der Waals surface area contributed by atoms with Gasteiger partial charge in [-0.15, -0.1) is 0 Å². The van der Waals surface area contributed by atoms with Crippen LogP contribution in [-0.2, 0) is 4.79 Å². The fourth-order valence-electron chi connectivity index (χ4n) is 1.01. The number of nitrogens with one attached hydrogen (secondary N) is 1. The van der Waals surface area contributed by atoms with Crippen LogP contribution in [0.3, 0.4) is 0 Å². The predicted molar refractivity (Wildman–Crippen MR) is 52.0 cm³/mol. The molecule has 0 unspecified atom stereocenters. The Kier molecular flexibility index (Phi) is 3.68. The lowest BCUT2D eigenvalue weighted by atomic mass is 10.2. The van der Waals surface area contributed by atoms with Crippen molar-refractivity contribution >= 4 is 33.6 Å². The van der Waals surface area contributed by atoms with Crippen LogP contribution in [0, 0.1) is 0 Å². The number of carboxylic acid groups (broad SMARTS) is 2. The summed E-state index contributed by atoms with van der Waals surface area (Å²) in [6, 6.07) is 4.36. The van der Waals surface area contributed by atoms with Crippen molar-refractivity contribution < 1.29 is 19.8 Å². The minimum atomic E-state index is -1.38. The van der Waals surface area contributed by atoms with Crippen LogP contribution in [0.4, 0.5) is 5.69 Å². The minimum absolute atomic E-state index is 0.106. The third-order valence-electron chi connectivity index (χ3n) is 1.62. The Bertz CT molecular complexity index is 405. The second-order valence-electron chi connectivity index (χ2n) is 2.70. The van der Waals surface area contributed by atoms with Gasteiger partial charge in [-0.25, -0.2) is 0 Å². The summed E-state index contributed by atoms with van der Waals surface area (Å²) in [4.78, 5) is 20.9. The van der Waals surface area contributed by atoms with E-state index in [-0.39, 0.29) is 11.3 Å². The zero-order chi connectivity index (χ0) is 11.4. The molecule has 0 aliphatic heterocycles. The number of hydrogen-bond acceptors (Lipinski definition) is 5. The summed E-state index contributed by atoms with van der Waals surface area (Å²) in [6.07, 6.45) is 0. The van der Waals surface area contributed by atoms with Crippen LogP contribution in [-0.4, -0.2) is 18.5 Å². The number of hydrogen-bond donors (Lipinski definition) is 1. The van der Waals surface area contributed by atoms with Gasteiger partial charge in [0.25, 0.3) is 0 Å². The molecule has 0 saturated carbocycles. The molecule has 0 aromatic heterocycles. The van der Waals surface area contributed by atoms with Gasteiger partial charge in [-0.3, -0.25) is 0 Å². The highest BCUT2D eigenvalue weighted by Crippen LogP contribution is 2.20. The number of rotatable bonds is 4. The summed E-state index contributed by atoms with van der Waals surface area (Å²) in [7, 11) is 0. The number of anilines is 1. The highest BCUT2D eigenvalue weighted by atomic mass is 79.9. The molecule has 1 N–H and O–H groups in total. The van der Waals surface area contributed by atoms with Crippen molar-refractivity contribution in [3.05, 3.63) is 28.2 Å². The van der Waals surface area contributed by atoms with Gasteiger partial charge < -0.3 is 25.1 Å². The van der Waals surface area contributed by atoms with E-state index in [2.05, 4.69) is 21.2 Å². The van der Waals surface area contributed by atoms with E-state index >= 15 is 0 Å². The normalized spacial score (nSPS) is 9.67. The zero-order valence-electron chi connectivity index (χ0n) is 7.45. The molecule has 0 radical (unpaired) electrons. The van der Waals surface area contributed by atoms with Gasteiger partial charge in [-0.2, -0.15) is 0 Å². The quantitative estimate of drug-likeness (QED) is 0.757. The molecule has 6 heteroatoms. The number of carbonyl (C=O) groups excluding carboxylic acids is 2. The smallest absolute Gasteiger partial charge is 0.0736 e. The standard InChI is InChI=1S/C9H8BrNO4/c10-5-1-2-7(11-4-8(12)13)6(3-5)9(14)15/h1-3,11H,4H2,(H,12,13)(H,14,15)/p-2. The van der Waals surface area contributed by atoms with Crippen molar-refractivity contribution in [3.63, 3.8) is 0 Å². The maximum Gasteiger partial charge on any atom is 0.0736 e. The summed E-state index contributed by atoms with van der Waals surface area (Å²) in [6.45, 7) is -0.456. The van der Waals surface area contributed by atoms with Crippen LogP contribution in [0.25, 0.3) is 0 Å². The first kappa shape index (κ1) is 11.5. The van der Waals surface area contributed by atoms with Crippen LogP contribution in [0.1, 0.15) is 10.4 Å². The summed E-state index contributed by atoms with van der Waals surface area (Å²) in [5.74, 6) is -2.70. The second-order valence-corrected chi connectivity index (χ2v) is 3.62. The Hall–Kier alpha value is -1.56. The van der Waals surface area contributed by atoms with Crippen LogP contribution in [0.2, 0.25) is 0 Å². The Morgan fingerprint density at radius 1 is 1.33 bits per heavy atom. The molecule has 1 aromatic carbocycles. The third kappa shape index (κ3) is 3.25. The summed E-state index contributed by atoms with van der Waals surface area (Å²) >= 11 is 3.10. The zero-order valence-corrected chi connectivity index (χ0v) is 9.04. The summed E-state index contributed by atoms with van der Waals surface area (Å²) in [5, 5.41) is 23.3. The van der Waals surface area contributed by atoms with E-state index in [1.165, 1.54) is 12.1 Å². The van der Waals surface area contributed by atoms with Crippen molar-refractivity contribution in [1.29, 1.82) is 0 Å². The highest BCUT2D eigenvalue weighted by molar-refractivity contribution is 9.10. The molecule has 0 atom stereocenters. The van der Waals surface area contributed by atoms with Crippen LogP contribution >= 0.6 is 15.9 Å². The number of carboxylic acids is 2. The summed E-state index contributed by atoms with van der Waals surface area (Å²) in [5.41, 5.74) is 0.0769. The van der Waals surface area contributed by atoms with E-state index < -0.39 is 18.5 Å². The SMILES string of the molecule is O=C([O-])CNc1ccc(Br)cc1C(=O)[O-]. The predicted octanol–water partition coefficient (Wildman–Crippen LogP) is -1.03. The molecule has 5 nitrogen and oxygen atoms in total. The summed E-state index contributed by atoms with van der Waals surface area (Å²) < 4.78 is 0.570. The molecular formula is C9H6BrNO4-2. The number of aromatic carboxylic acids is 1. The van der Waals surface area contributed by atoms with Gasteiger partial charge in [-0.05, 0) is 18.2 Å². The van der Waals surface area contributed by atoms with E-state index in [4.69, 9.17) is 0 Å². The lowest BCUT2D eigenvalue weighted by molar-refractivity contribution is -0.302. The van der Waals surface area contributed by atoms with Crippen molar-refractivity contribution in [2.45, 2.75) is 0 Å².